The van der Waals surface area contributed by atoms with Crippen molar-refractivity contribution in [2.45, 2.75) is 38.6 Å². The molecule has 0 aliphatic heterocycles. The first kappa shape index (κ1) is 22.7. The van der Waals surface area contributed by atoms with Crippen LogP contribution >= 0.6 is 0 Å². The molecule has 1 saturated carbocycles. The van der Waals surface area contributed by atoms with E-state index in [1.807, 2.05) is 67.6 Å². The molecule has 0 unspecified atom stereocenters. The number of rotatable bonds is 9. The van der Waals surface area contributed by atoms with Gasteiger partial charge in [-0.1, -0.05) is 24.3 Å². The Balaban J connectivity index is 1.29. The van der Waals surface area contributed by atoms with E-state index >= 15 is 0 Å². The number of hydrogen-bond acceptors (Lipinski definition) is 5. The van der Waals surface area contributed by atoms with Crippen LogP contribution in [-0.2, 0) is 11.2 Å². The van der Waals surface area contributed by atoms with Crippen molar-refractivity contribution in [2.75, 3.05) is 11.9 Å². The number of benzene rings is 3. The molecule has 0 atom stereocenters. The van der Waals surface area contributed by atoms with Crippen molar-refractivity contribution in [3.63, 3.8) is 0 Å². The highest BCUT2D eigenvalue weighted by Gasteiger charge is 2.28. The van der Waals surface area contributed by atoms with E-state index in [4.69, 9.17) is 14.5 Å². The van der Waals surface area contributed by atoms with Crippen LogP contribution in [0.4, 0.5) is 5.69 Å². The van der Waals surface area contributed by atoms with Crippen LogP contribution < -0.4 is 20.3 Å². The van der Waals surface area contributed by atoms with Crippen molar-refractivity contribution in [1.29, 1.82) is 0 Å². The van der Waals surface area contributed by atoms with Gasteiger partial charge < -0.3 is 14.8 Å². The molecular formula is C28H27N3O4. The smallest absolute Gasteiger partial charge is 0.261 e. The largest absolute Gasteiger partial charge is 0.494 e. The number of aromatic nitrogens is 2. The highest BCUT2D eigenvalue weighted by Crippen LogP contribution is 2.35. The van der Waals surface area contributed by atoms with Crippen molar-refractivity contribution in [3.05, 3.63) is 89.0 Å². The van der Waals surface area contributed by atoms with E-state index in [-0.39, 0.29) is 23.9 Å². The highest BCUT2D eigenvalue weighted by molar-refractivity contribution is 5.92. The Morgan fingerprint density at radius 1 is 1.00 bits per heavy atom. The molecule has 1 fully saturated rings. The number of para-hydroxylation sites is 3. The topological polar surface area (TPSA) is 82.5 Å². The van der Waals surface area contributed by atoms with Crippen molar-refractivity contribution in [3.8, 4) is 17.2 Å². The lowest BCUT2D eigenvalue weighted by molar-refractivity contribution is -0.116. The molecule has 4 aromatic rings. The third-order valence-corrected chi connectivity index (χ3v) is 5.89. The summed E-state index contributed by atoms with van der Waals surface area (Å²) in [6.07, 6.45) is 2.52. The van der Waals surface area contributed by atoms with Crippen LogP contribution in [0.25, 0.3) is 10.9 Å². The second-order valence-corrected chi connectivity index (χ2v) is 8.50. The summed E-state index contributed by atoms with van der Waals surface area (Å²) in [4.78, 5) is 30.6. The van der Waals surface area contributed by atoms with Crippen molar-refractivity contribution >= 4 is 22.5 Å². The average Bonchev–Trinajstić information content (AvgIpc) is 3.71. The lowest BCUT2D eigenvalue weighted by Crippen LogP contribution is -2.25. The van der Waals surface area contributed by atoms with E-state index in [9.17, 15) is 9.59 Å². The van der Waals surface area contributed by atoms with Gasteiger partial charge in [0.15, 0.2) is 5.75 Å². The highest BCUT2D eigenvalue weighted by atomic mass is 16.5. The van der Waals surface area contributed by atoms with Gasteiger partial charge in [0.25, 0.3) is 5.56 Å². The Morgan fingerprint density at radius 3 is 2.49 bits per heavy atom. The first-order valence-corrected chi connectivity index (χ1v) is 11.9. The second-order valence-electron chi connectivity index (χ2n) is 8.50. The fourth-order valence-electron chi connectivity index (χ4n) is 4.07. The van der Waals surface area contributed by atoms with Gasteiger partial charge in [0.1, 0.15) is 17.3 Å². The van der Waals surface area contributed by atoms with E-state index in [0.717, 1.165) is 18.6 Å². The SMILES string of the molecule is CCOc1ccc(Oc2ccccc2NC(=O)CCc2nc3ccccc3c(=O)n2C2CC2)cc1. The monoisotopic (exact) mass is 469 g/mol. The molecule has 35 heavy (non-hydrogen) atoms. The maximum absolute atomic E-state index is 13.0. The molecule has 1 aromatic heterocycles. The molecule has 3 aromatic carbocycles. The van der Waals surface area contributed by atoms with Gasteiger partial charge in [-0.15, -0.1) is 0 Å². The minimum Gasteiger partial charge on any atom is -0.494 e. The molecule has 0 saturated heterocycles. The molecule has 1 aliphatic rings. The van der Waals surface area contributed by atoms with Gasteiger partial charge in [-0.2, -0.15) is 0 Å². The molecule has 0 bridgehead atoms. The molecule has 1 amide bonds. The maximum Gasteiger partial charge on any atom is 0.261 e. The molecule has 7 heteroatoms. The summed E-state index contributed by atoms with van der Waals surface area (Å²) < 4.78 is 13.2. The van der Waals surface area contributed by atoms with Crippen LogP contribution in [-0.4, -0.2) is 22.1 Å². The molecule has 178 valence electrons. The second kappa shape index (κ2) is 10.0. The third kappa shape index (κ3) is 5.19. The number of aryl methyl sites for hydroxylation is 1. The average molecular weight is 470 g/mol. The van der Waals surface area contributed by atoms with Gasteiger partial charge in [0.2, 0.25) is 5.91 Å². The molecule has 0 spiro atoms. The zero-order valence-electron chi connectivity index (χ0n) is 19.6. The number of anilines is 1. The number of ether oxygens (including phenoxy) is 2. The summed E-state index contributed by atoms with van der Waals surface area (Å²) in [6, 6.07) is 22.2. The van der Waals surface area contributed by atoms with Crippen LogP contribution in [0.1, 0.15) is 38.1 Å². The van der Waals surface area contributed by atoms with Crippen LogP contribution in [0.2, 0.25) is 0 Å². The van der Waals surface area contributed by atoms with Gasteiger partial charge in [-0.3, -0.25) is 14.2 Å². The quantitative estimate of drug-likeness (QED) is 0.350. The third-order valence-electron chi connectivity index (χ3n) is 5.89. The Morgan fingerprint density at radius 2 is 1.71 bits per heavy atom. The summed E-state index contributed by atoms with van der Waals surface area (Å²) in [5, 5.41) is 3.56. The number of nitrogens with one attached hydrogen (secondary N) is 1. The Bertz CT molecular complexity index is 1410. The zero-order chi connectivity index (χ0) is 24.2. The Hall–Kier alpha value is -4.13. The van der Waals surface area contributed by atoms with Crippen molar-refractivity contribution in [2.24, 2.45) is 0 Å². The Labute approximate surface area is 203 Å². The van der Waals surface area contributed by atoms with Gasteiger partial charge >= 0.3 is 0 Å². The summed E-state index contributed by atoms with van der Waals surface area (Å²) in [7, 11) is 0. The maximum atomic E-state index is 13.0. The van der Waals surface area contributed by atoms with Gasteiger partial charge in [0, 0.05) is 18.9 Å². The van der Waals surface area contributed by atoms with E-state index in [0.29, 0.717) is 46.9 Å². The molecule has 5 rings (SSSR count). The minimum atomic E-state index is -0.169. The molecule has 7 nitrogen and oxygen atoms in total. The minimum absolute atomic E-state index is 0.0254. The predicted octanol–water partition coefficient (Wildman–Crippen LogP) is 5.49. The standard InChI is InChI=1S/C28H27N3O4/c1-2-34-20-13-15-21(16-14-20)35-25-10-6-5-9-24(25)30-27(32)18-17-26-29-23-8-4-3-7-22(23)28(33)31(26)19-11-12-19/h3-10,13-16,19H,2,11-12,17-18H2,1H3,(H,30,32). The zero-order valence-corrected chi connectivity index (χ0v) is 19.6. The van der Waals surface area contributed by atoms with Crippen LogP contribution in [0, 0.1) is 0 Å². The first-order valence-electron chi connectivity index (χ1n) is 11.9. The van der Waals surface area contributed by atoms with Gasteiger partial charge in [-0.05, 0) is 68.3 Å². The molecule has 1 aliphatic carbocycles. The van der Waals surface area contributed by atoms with Gasteiger partial charge in [0.05, 0.1) is 23.2 Å². The molecular weight excluding hydrogens is 442 g/mol. The lowest BCUT2D eigenvalue weighted by Gasteiger charge is -2.14. The summed E-state index contributed by atoms with van der Waals surface area (Å²) in [5.41, 5.74) is 1.22. The summed E-state index contributed by atoms with van der Waals surface area (Å²) in [5.74, 6) is 2.45. The number of carbonyl (C=O) groups is 1. The number of carbonyl (C=O) groups excluding carboxylic acids is 1. The van der Waals surface area contributed by atoms with Gasteiger partial charge in [-0.25, -0.2) is 4.98 Å². The van der Waals surface area contributed by atoms with Crippen LogP contribution in [0.5, 0.6) is 17.2 Å². The van der Waals surface area contributed by atoms with E-state index < -0.39 is 0 Å². The lowest BCUT2D eigenvalue weighted by atomic mass is 10.2. The molecule has 1 heterocycles. The van der Waals surface area contributed by atoms with Crippen molar-refractivity contribution in [1.82, 2.24) is 9.55 Å². The normalized spacial score (nSPS) is 12.9. The summed E-state index contributed by atoms with van der Waals surface area (Å²) >= 11 is 0. The molecule has 0 radical (unpaired) electrons. The Kier molecular flexibility index (Phi) is 6.48. The number of nitrogens with zero attached hydrogens (tertiary/aromatic N) is 2. The fourth-order valence-corrected chi connectivity index (χ4v) is 4.07. The number of amides is 1. The summed E-state index contributed by atoms with van der Waals surface area (Å²) in [6.45, 7) is 2.53. The number of hydrogen-bond donors (Lipinski definition) is 1. The predicted molar refractivity (Wildman–Crippen MR) is 135 cm³/mol. The van der Waals surface area contributed by atoms with E-state index in [1.54, 1.807) is 16.7 Å². The van der Waals surface area contributed by atoms with E-state index in [2.05, 4.69) is 5.32 Å². The fraction of sp³-hybridized carbons (Fsp3) is 0.250. The van der Waals surface area contributed by atoms with Crippen molar-refractivity contribution < 1.29 is 14.3 Å². The first-order chi connectivity index (χ1) is 17.1. The number of fused-ring (bicyclic) bond motifs is 1. The van der Waals surface area contributed by atoms with Crippen LogP contribution in [0.15, 0.2) is 77.6 Å². The van der Waals surface area contributed by atoms with Crippen LogP contribution in [0.3, 0.4) is 0 Å². The molecule has 1 N–H and O–H groups in total. The van der Waals surface area contributed by atoms with E-state index in [1.165, 1.54) is 0 Å².